The molecule has 0 amide bonds. The molecule has 4 saturated heterocycles. The van der Waals surface area contributed by atoms with Crippen molar-refractivity contribution in [1.82, 2.24) is 9.80 Å². The summed E-state index contributed by atoms with van der Waals surface area (Å²) in [5, 5.41) is 16.7. The molecule has 8 nitrogen and oxygen atoms in total. The Morgan fingerprint density at radius 1 is 0.395 bits per heavy atom. The third-order valence-electron chi connectivity index (χ3n) is 6.65. The Morgan fingerprint density at radius 2 is 0.581 bits per heavy atom. The second-order valence-corrected chi connectivity index (χ2v) is 12.4. The molecule has 4 heterocycles. The molecule has 0 aromatic rings. The number of hydrogen-bond donors (Lipinski definition) is 2. The van der Waals surface area contributed by atoms with Crippen molar-refractivity contribution >= 4 is 23.1 Å². The van der Waals surface area contributed by atoms with E-state index in [1.807, 2.05) is 0 Å². The normalized spacial score (nSPS) is 17.6. The predicted octanol–water partition coefficient (Wildman–Crippen LogP) is -2.81. The smallest absolute Gasteiger partial charge is 0.662 e. The van der Waals surface area contributed by atoms with Crippen LogP contribution >= 0.6 is 0 Å². The van der Waals surface area contributed by atoms with Gasteiger partial charge in [-0.25, -0.2) is 0 Å². The van der Waals surface area contributed by atoms with Crippen LogP contribution in [0.4, 0.5) is 0 Å². The van der Waals surface area contributed by atoms with E-state index in [0.717, 1.165) is 65.4 Å². The maximum Gasteiger partial charge on any atom is 2.00 e. The minimum Gasteiger partial charge on any atom is -0.662 e. The summed E-state index contributed by atoms with van der Waals surface area (Å²) in [6.07, 6.45) is 16.3. The molecule has 0 aliphatic carbocycles. The minimum absolute atomic E-state index is 0. The molecule has 0 spiro atoms. The van der Waals surface area contributed by atoms with Crippen LogP contribution in [0.2, 0.25) is 0 Å². The second-order valence-electron chi connectivity index (χ2n) is 12.4. The maximum absolute atomic E-state index is 4.18. The van der Waals surface area contributed by atoms with Crippen molar-refractivity contribution in [1.29, 1.82) is 0 Å². The van der Waals surface area contributed by atoms with E-state index in [1.54, 1.807) is 0 Å². The largest absolute Gasteiger partial charge is 2.00 e. The molecule has 4 aliphatic rings. The Bertz CT molecular complexity index is 323. The number of nitrogens with one attached hydrogen (secondary N) is 2. The minimum atomic E-state index is 0. The first-order valence-corrected chi connectivity index (χ1v) is 16.7. The zero-order valence-electron chi connectivity index (χ0n) is 31.4. The number of piperidine rings is 4. The van der Waals surface area contributed by atoms with Gasteiger partial charge in [-0.15, -0.1) is 52.4 Å². The Hall–Kier alpha value is 2.45. The first-order chi connectivity index (χ1) is 19.3. The average molecular weight is 641 g/mol. The van der Waals surface area contributed by atoms with Crippen molar-refractivity contribution in [2.24, 2.45) is 0 Å². The van der Waals surface area contributed by atoms with Gasteiger partial charge in [0.05, 0.1) is 28.2 Å². The molecule has 4 fully saturated rings. The molecule has 0 radical (unpaired) electrons. The molecule has 11 heteroatoms. The van der Waals surface area contributed by atoms with E-state index in [2.05, 4.69) is 87.4 Å². The molecule has 0 bridgehead atoms. The Labute approximate surface area is 331 Å². The molecule has 0 aromatic heterocycles. The van der Waals surface area contributed by atoms with E-state index < -0.39 is 0 Å². The second kappa shape index (κ2) is 46.6. The summed E-state index contributed by atoms with van der Waals surface area (Å²) in [7, 11) is 17.1. The van der Waals surface area contributed by atoms with Gasteiger partial charge in [-0.05, 0) is 28.2 Å². The quantitative estimate of drug-likeness (QED) is 0.308. The predicted molar refractivity (Wildman–Crippen MR) is 186 cm³/mol. The van der Waals surface area contributed by atoms with E-state index in [1.165, 1.54) is 99.9 Å². The van der Waals surface area contributed by atoms with E-state index in [4.69, 9.17) is 0 Å². The molecule has 4 aliphatic heterocycles. The summed E-state index contributed by atoms with van der Waals surface area (Å²) in [5.74, 6) is 0. The Kier molecular flexibility index (Phi) is 59.4. The molecule has 244 valence electrons. The Balaban J connectivity index is -0.000000133. The zero-order chi connectivity index (χ0) is 30.1. The van der Waals surface area contributed by atoms with Crippen LogP contribution in [0.1, 0.15) is 77.0 Å². The van der Waals surface area contributed by atoms with Gasteiger partial charge in [0.15, 0.2) is 0 Å². The molecule has 4 rings (SSSR count). The summed E-state index contributed by atoms with van der Waals surface area (Å²) in [6.45, 7) is 13.8. The molecular formula is C32H74MgN8Na2+2. The van der Waals surface area contributed by atoms with Gasteiger partial charge in [0.25, 0.3) is 0 Å². The molecule has 43 heavy (non-hydrogen) atoms. The number of quaternary nitrogens is 2. The SMILES string of the molecule is C1CC[N-]CC1.C1CC[N-]CC1.C1CC[N-]CC1.C1CC[N-]CC1.CN(C)CCN(C)C.C[NH+](C)CC[NH+](C)C.[Mg+2].[Na+].[Na+]. The van der Waals surface area contributed by atoms with Gasteiger partial charge in [-0.1, -0.05) is 77.0 Å². The topological polar surface area (TPSA) is 71.8 Å². The van der Waals surface area contributed by atoms with Gasteiger partial charge in [-0.3, -0.25) is 0 Å². The van der Waals surface area contributed by atoms with Gasteiger partial charge in [0.1, 0.15) is 13.1 Å². The first kappa shape index (κ1) is 54.9. The summed E-state index contributed by atoms with van der Waals surface area (Å²) in [5.41, 5.74) is 0. The molecule has 0 aromatic carbocycles. The fraction of sp³-hybridized carbons (Fsp3) is 1.00. The van der Waals surface area contributed by atoms with E-state index in [-0.39, 0.29) is 82.2 Å². The molecule has 0 unspecified atom stereocenters. The van der Waals surface area contributed by atoms with Crippen LogP contribution in [0.5, 0.6) is 0 Å². The van der Waals surface area contributed by atoms with Crippen LogP contribution in [0, 0.1) is 0 Å². The van der Waals surface area contributed by atoms with Gasteiger partial charge in [0.2, 0.25) is 0 Å². The Morgan fingerprint density at radius 3 is 0.651 bits per heavy atom. The van der Waals surface area contributed by atoms with Crippen molar-refractivity contribution < 1.29 is 68.9 Å². The van der Waals surface area contributed by atoms with Crippen LogP contribution in [0.25, 0.3) is 21.3 Å². The van der Waals surface area contributed by atoms with Gasteiger partial charge < -0.3 is 40.9 Å². The van der Waals surface area contributed by atoms with E-state index in [0.29, 0.717) is 0 Å². The zero-order valence-corrected chi connectivity index (χ0v) is 36.8. The summed E-state index contributed by atoms with van der Waals surface area (Å²) in [4.78, 5) is 7.43. The number of hydrogen-bond acceptors (Lipinski definition) is 2. The third-order valence-corrected chi connectivity index (χ3v) is 6.65. The van der Waals surface area contributed by atoms with Gasteiger partial charge in [0, 0.05) is 13.1 Å². The number of likely N-dealkylation sites (N-methyl/N-ethyl adjacent to an activating group) is 4. The van der Waals surface area contributed by atoms with Crippen molar-refractivity contribution in [2.75, 3.05) is 135 Å². The third kappa shape index (κ3) is 60.3. The van der Waals surface area contributed by atoms with Crippen molar-refractivity contribution in [3.05, 3.63) is 21.3 Å². The van der Waals surface area contributed by atoms with E-state index in [9.17, 15) is 0 Å². The van der Waals surface area contributed by atoms with Crippen molar-refractivity contribution in [3.8, 4) is 0 Å². The maximum atomic E-state index is 4.18. The molecular weight excluding hydrogens is 567 g/mol. The summed E-state index contributed by atoms with van der Waals surface area (Å²) >= 11 is 0. The first-order valence-electron chi connectivity index (χ1n) is 16.7. The molecule has 0 saturated carbocycles. The number of nitrogens with zero attached hydrogens (tertiary/aromatic N) is 6. The average Bonchev–Trinajstić information content (AvgIpc) is 3.00. The van der Waals surface area contributed by atoms with Crippen molar-refractivity contribution in [3.63, 3.8) is 0 Å². The molecule has 0 atom stereocenters. The molecule has 2 N–H and O–H groups in total. The van der Waals surface area contributed by atoms with Crippen LogP contribution < -0.4 is 68.9 Å². The van der Waals surface area contributed by atoms with Gasteiger partial charge in [-0.2, -0.15) is 0 Å². The van der Waals surface area contributed by atoms with Crippen LogP contribution in [-0.4, -0.2) is 168 Å². The fourth-order valence-electron chi connectivity index (χ4n) is 3.84. The van der Waals surface area contributed by atoms with Gasteiger partial charge >= 0.3 is 82.2 Å². The van der Waals surface area contributed by atoms with Crippen molar-refractivity contribution in [2.45, 2.75) is 77.0 Å². The fourth-order valence-corrected chi connectivity index (χ4v) is 3.84. The summed E-state index contributed by atoms with van der Waals surface area (Å²) < 4.78 is 0. The summed E-state index contributed by atoms with van der Waals surface area (Å²) in [6, 6.07) is 0. The van der Waals surface area contributed by atoms with Crippen LogP contribution in [-0.2, 0) is 0 Å². The monoisotopic (exact) mass is 641 g/mol. The van der Waals surface area contributed by atoms with Crippen LogP contribution in [0.15, 0.2) is 0 Å². The number of rotatable bonds is 6. The van der Waals surface area contributed by atoms with Crippen LogP contribution in [0.3, 0.4) is 0 Å². The standard InChI is InChI=1S/2C6H16N2.4C5H10N.Mg.2Na/c2*1-7(2)5-6-8(3)4;4*1-2-4-6-5-3-1;;;/h2*5-6H2,1-4H3;4*1-5H2;;;/q;;4*-1;+2;2*+1/p+2. The van der Waals surface area contributed by atoms with E-state index >= 15 is 0 Å².